The van der Waals surface area contributed by atoms with Crippen LogP contribution in [0.15, 0.2) is 42.5 Å². The predicted octanol–water partition coefficient (Wildman–Crippen LogP) is 5.00. The van der Waals surface area contributed by atoms with E-state index in [1.807, 2.05) is 18.2 Å². The zero-order chi connectivity index (χ0) is 19.0. The molecular formula is C21H19F3N2O. The Kier molecular flexibility index (Phi) is 4.42. The van der Waals surface area contributed by atoms with E-state index in [0.29, 0.717) is 0 Å². The van der Waals surface area contributed by atoms with Crippen LogP contribution in [-0.4, -0.2) is 10.9 Å². The summed E-state index contributed by atoms with van der Waals surface area (Å²) >= 11 is 0. The number of alkyl halides is 3. The molecule has 0 fully saturated rings. The summed E-state index contributed by atoms with van der Waals surface area (Å²) in [5, 5.41) is 3.76. The lowest BCUT2D eigenvalue weighted by Crippen LogP contribution is -2.25. The third kappa shape index (κ3) is 3.44. The molecule has 3 nitrogen and oxygen atoms in total. The van der Waals surface area contributed by atoms with Gasteiger partial charge in [0.2, 0.25) is 0 Å². The molecule has 140 valence electrons. The summed E-state index contributed by atoms with van der Waals surface area (Å²) in [7, 11) is 0. The number of aromatic amines is 1. The van der Waals surface area contributed by atoms with Crippen LogP contribution in [0.2, 0.25) is 0 Å². The van der Waals surface area contributed by atoms with Gasteiger partial charge in [-0.1, -0.05) is 18.2 Å². The van der Waals surface area contributed by atoms with Gasteiger partial charge in [0.15, 0.2) is 0 Å². The third-order valence-electron chi connectivity index (χ3n) is 5.09. The minimum Gasteiger partial charge on any atom is -0.358 e. The van der Waals surface area contributed by atoms with Crippen molar-refractivity contribution in [1.29, 1.82) is 0 Å². The SMILES string of the molecule is O=C(NCc1ccc2[nH]c3c(c2c1)CCCC3)c1ccccc1C(F)(F)F. The predicted molar refractivity (Wildman–Crippen MR) is 97.6 cm³/mol. The standard InChI is InChI=1S/C21H19F3N2O/c22-21(23,24)17-7-3-1-6-15(17)20(27)25-12-13-9-10-19-16(11-13)14-5-2-4-8-18(14)26-19/h1,3,6-7,9-11,26H,2,4-5,8,12H2,(H,25,27). The molecule has 3 aromatic rings. The summed E-state index contributed by atoms with van der Waals surface area (Å²) < 4.78 is 39.3. The van der Waals surface area contributed by atoms with E-state index in [1.165, 1.54) is 35.9 Å². The van der Waals surface area contributed by atoms with Crippen molar-refractivity contribution in [2.24, 2.45) is 0 Å². The van der Waals surface area contributed by atoms with Crippen molar-refractivity contribution < 1.29 is 18.0 Å². The number of aryl methyl sites for hydroxylation is 2. The van der Waals surface area contributed by atoms with Gasteiger partial charge in [0.25, 0.3) is 5.91 Å². The van der Waals surface area contributed by atoms with E-state index >= 15 is 0 Å². The van der Waals surface area contributed by atoms with E-state index in [4.69, 9.17) is 0 Å². The number of carbonyl (C=O) groups is 1. The van der Waals surface area contributed by atoms with E-state index in [1.54, 1.807) is 0 Å². The Bertz CT molecular complexity index is 1000. The number of halogens is 3. The first-order chi connectivity index (χ1) is 12.9. The number of benzene rings is 2. The number of carbonyl (C=O) groups excluding carboxylic acids is 1. The van der Waals surface area contributed by atoms with Crippen LogP contribution in [0.1, 0.15) is 45.6 Å². The molecule has 1 aliphatic carbocycles. The number of nitrogens with one attached hydrogen (secondary N) is 2. The second kappa shape index (κ2) is 6.76. The molecule has 1 aromatic heterocycles. The van der Waals surface area contributed by atoms with Crippen LogP contribution in [0.4, 0.5) is 13.2 Å². The molecule has 0 unspecified atom stereocenters. The lowest BCUT2D eigenvalue weighted by molar-refractivity contribution is -0.137. The van der Waals surface area contributed by atoms with Crippen LogP contribution >= 0.6 is 0 Å². The summed E-state index contributed by atoms with van der Waals surface area (Å²) in [6.45, 7) is 0.181. The Labute approximate surface area is 154 Å². The van der Waals surface area contributed by atoms with Gasteiger partial charge in [-0.25, -0.2) is 0 Å². The highest BCUT2D eigenvalue weighted by Crippen LogP contribution is 2.32. The molecule has 0 atom stereocenters. The second-order valence-electron chi connectivity index (χ2n) is 6.90. The minimum atomic E-state index is -4.56. The monoisotopic (exact) mass is 372 g/mol. The molecular weight excluding hydrogens is 353 g/mol. The topological polar surface area (TPSA) is 44.9 Å². The molecule has 4 rings (SSSR count). The van der Waals surface area contributed by atoms with Gasteiger partial charge >= 0.3 is 6.18 Å². The van der Waals surface area contributed by atoms with E-state index in [9.17, 15) is 18.0 Å². The lowest BCUT2D eigenvalue weighted by atomic mass is 9.95. The van der Waals surface area contributed by atoms with Crippen LogP contribution in [0.3, 0.4) is 0 Å². The van der Waals surface area contributed by atoms with Crippen LogP contribution in [0.5, 0.6) is 0 Å². The molecule has 0 aliphatic heterocycles. The molecule has 2 aromatic carbocycles. The van der Waals surface area contributed by atoms with E-state index in [0.717, 1.165) is 41.8 Å². The van der Waals surface area contributed by atoms with Crippen LogP contribution in [0.25, 0.3) is 10.9 Å². The third-order valence-corrected chi connectivity index (χ3v) is 5.09. The Morgan fingerprint density at radius 3 is 2.67 bits per heavy atom. The number of amides is 1. The highest BCUT2D eigenvalue weighted by Gasteiger charge is 2.34. The van der Waals surface area contributed by atoms with Gasteiger partial charge < -0.3 is 10.3 Å². The van der Waals surface area contributed by atoms with Crippen LogP contribution in [-0.2, 0) is 25.6 Å². The fraction of sp³-hybridized carbons (Fsp3) is 0.286. The van der Waals surface area contributed by atoms with Gasteiger partial charge in [0.05, 0.1) is 11.1 Å². The maximum atomic E-state index is 13.1. The number of hydrogen-bond acceptors (Lipinski definition) is 1. The number of aromatic nitrogens is 1. The fourth-order valence-corrected chi connectivity index (χ4v) is 3.77. The molecule has 0 saturated heterocycles. The van der Waals surface area contributed by atoms with Crippen molar-refractivity contribution in [2.45, 2.75) is 38.4 Å². The molecule has 1 amide bonds. The van der Waals surface area contributed by atoms with Crippen molar-refractivity contribution in [1.82, 2.24) is 10.3 Å². The quantitative estimate of drug-likeness (QED) is 0.668. The zero-order valence-electron chi connectivity index (χ0n) is 14.6. The van der Waals surface area contributed by atoms with Crippen molar-refractivity contribution >= 4 is 16.8 Å². The summed E-state index contributed by atoms with van der Waals surface area (Å²) in [6, 6.07) is 10.7. The summed E-state index contributed by atoms with van der Waals surface area (Å²) in [5.74, 6) is -0.723. The van der Waals surface area contributed by atoms with E-state index < -0.39 is 17.6 Å². The summed E-state index contributed by atoms with van der Waals surface area (Å²) in [6.07, 6.45) is -0.137. The summed E-state index contributed by atoms with van der Waals surface area (Å²) in [4.78, 5) is 15.8. The maximum Gasteiger partial charge on any atom is 0.417 e. The van der Waals surface area contributed by atoms with Crippen molar-refractivity contribution in [3.8, 4) is 0 Å². The molecule has 0 spiro atoms. The highest BCUT2D eigenvalue weighted by molar-refractivity contribution is 5.96. The van der Waals surface area contributed by atoms with Gasteiger partial charge in [0.1, 0.15) is 0 Å². The van der Waals surface area contributed by atoms with Crippen molar-refractivity contribution in [3.63, 3.8) is 0 Å². The first-order valence-corrected chi connectivity index (χ1v) is 9.00. The van der Waals surface area contributed by atoms with Gasteiger partial charge in [-0.05, 0) is 61.1 Å². The van der Waals surface area contributed by atoms with Crippen molar-refractivity contribution in [3.05, 3.63) is 70.4 Å². The van der Waals surface area contributed by atoms with Crippen LogP contribution < -0.4 is 5.32 Å². The normalized spacial score (nSPS) is 14.2. The number of fused-ring (bicyclic) bond motifs is 3. The van der Waals surface area contributed by atoms with Crippen LogP contribution in [0, 0.1) is 0 Å². The van der Waals surface area contributed by atoms with Gasteiger partial charge in [-0.3, -0.25) is 4.79 Å². The molecule has 0 bridgehead atoms. The molecule has 0 radical (unpaired) electrons. The summed E-state index contributed by atoms with van der Waals surface area (Å²) in [5.41, 5.74) is 3.26. The average Bonchev–Trinajstić information content (AvgIpc) is 3.03. The maximum absolute atomic E-state index is 13.1. The average molecular weight is 372 g/mol. The lowest BCUT2D eigenvalue weighted by Gasteiger charge is -2.13. The van der Waals surface area contributed by atoms with E-state index in [2.05, 4.69) is 10.3 Å². The first kappa shape index (κ1) is 17.6. The smallest absolute Gasteiger partial charge is 0.358 e. The van der Waals surface area contributed by atoms with E-state index in [-0.39, 0.29) is 12.1 Å². The highest BCUT2D eigenvalue weighted by atomic mass is 19.4. The Balaban J connectivity index is 1.55. The van der Waals surface area contributed by atoms with Crippen molar-refractivity contribution in [2.75, 3.05) is 0 Å². The Hall–Kier alpha value is -2.76. The zero-order valence-corrected chi connectivity index (χ0v) is 14.6. The van der Waals surface area contributed by atoms with Gasteiger partial charge in [0, 0.05) is 23.1 Å². The Morgan fingerprint density at radius 1 is 1.07 bits per heavy atom. The molecule has 6 heteroatoms. The minimum absolute atomic E-state index is 0.181. The number of rotatable bonds is 3. The first-order valence-electron chi connectivity index (χ1n) is 9.00. The molecule has 27 heavy (non-hydrogen) atoms. The number of hydrogen-bond donors (Lipinski definition) is 2. The number of H-pyrrole nitrogens is 1. The van der Waals surface area contributed by atoms with Gasteiger partial charge in [-0.15, -0.1) is 0 Å². The largest absolute Gasteiger partial charge is 0.417 e. The Morgan fingerprint density at radius 2 is 1.85 bits per heavy atom. The molecule has 0 saturated carbocycles. The molecule has 1 aliphatic rings. The molecule has 2 N–H and O–H groups in total. The van der Waals surface area contributed by atoms with Gasteiger partial charge in [-0.2, -0.15) is 13.2 Å². The fourth-order valence-electron chi connectivity index (χ4n) is 3.77. The molecule has 1 heterocycles. The second-order valence-corrected chi connectivity index (χ2v) is 6.90.